The van der Waals surface area contributed by atoms with Crippen molar-refractivity contribution in [2.75, 3.05) is 33.4 Å². The summed E-state index contributed by atoms with van der Waals surface area (Å²) in [6, 6.07) is 14.7. The van der Waals surface area contributed by atoms with Crippen LogP contribution in [0.5, 0.6) is 11.5 Å². The van der Waals surface area contributed by atoms with Gasteiger partial charge in [0, 0.05) is 19.0 Å². The first kappa shape index (κ1) is 26.9. The van der Waals surface area contributed by atoms with Crippen molar-refractivity contribution >= 4 is 29.9 Å². The second kappa shape index (κ2) is 14.8. The first-order chi connectivity index (χ1) is 14.6. The Labute approximate surface area is 199 Å². The van der Waals surface area contributed by atoms with Gasteiger partial charge in [0.05, 0.1) is 20.3 Å². The number of hydrogen-bond donors (Lipinski definition) is 3. The Kier molecular flexibility index (Phi) is 12.8. The molecule has 3 N–H and O–H groups in total. The number of rotatable bonds is 11. The van der Waals surface area contributed by atoms with Gasteiger partial charge in [-0.15, -0.1) is 24.0 Å². The van der Waals surface area contributed by atoms with Gasteiger partial charge in [0.1, 0.15) is 0 Å². The van der Waals surface area contributed by atoms with Crippen molar-refractivity contribution in [2.45, 2.75) is 25.9 Å². The van der Waals surface area contributed by atoms with Crippen molar-refractivity contribution in [2.24, 2.45) is 4.99 Å². The molecule has 0 spiro atoms. The molecular weight excluding hydrogens is 519 g/mol. The second-order valence-electron chi connectivity index (χ2n) is 6.55. The molecule has 9 heteroatoms. The minimum Gasteiger partial charge on any atom is -0.493 e. The van der Waals surface area contributed by atoms with Gasteiger partial charge in [-0.25, -0.2) is 0 Å². The number of aliphatic hydroxyl groups excluding tert-OH is 1. The van der Waals surface area contributed by atoms with E-state index in [1.807, 2.05) is 37.3 Å². The largest absolute Gasteiger partial charge is 0.493 e. The predicted octanol–water partition coefficient (Wildman–Crippen LogP) is 3.79. The fourth-order valence-electron chi connectivity index (χ4n) is 2.93. The fourth-order valence-corrected chi connectivity index (χ4v) is 2.93. The number of methoxy groups -OCH3 is 1. The van der Waals surface area contributed by atoms with Gasteiger partial charge in [-0.3, -0.25) is 4.99 Å². The maximum Gasteiger partial charge on any atom is 0.387 e. The first-order valence-corrected chi connectivity index (χ1v) is 9.87. The summed E-state index contributed by atoms with van der Waals surface area (Å²) in [5.74, 6) is 0.818. The number of halogens is 3. The third-order valence-corrected chi connectivity index (χ3v) is 4.46. The molecule has 0 heterocycles. The molecule has 2 aromatic rings. The van der Waals surface area contributed by atoms with Gasteiger partial charge in [-0.2, -0.15) is 8.78 Å². The molecule has 0 aliphatic heterocycles. The molecule has 0 fully saturated rings. The topological polar surface area (TPSA) is 75.1 Å². The van der Waals surface area contributed by atoms with E-state index in [0.29, 0.717) is 32.0 Å². The molecule has 0 aliphatic carbocycles. The zero-order chi connectivity index (χ0) is 21.8. The molecule has 1 unspecified atom stereocenters. The summed E-state index contributed by atoms with van der Waals surface area (Å²) in [5, 5.41) is 16.1. The molecule has 31 heavy (non-hydrogen) atoms. The van der Waals surface area contributed by atoms with Crippen LogP contribution in [0.1, 0.15) is 24.0 Å². The highest BCUT2D eigenvalue weighted by Gasteiger charge is 2.12. The summed E-state index contributed by atoms with van der Waals surface area (Å²) in [6.07, 6.45) is 0.579. The van der Waals surface area contributed by atoms with E-state index < -0.39 is 6.61 Å². The highest BCUT2D eigenvalue weighted by Crippen LogP contribution is 2.29. The minimum absolute atomic E-state index is 0. The molecule has 0 radical (unpaired) electrons. The maximum atomic E-state index is 12.6. The molecule has 172 valence electrons. The Bertz CT molecular complexity index is 795. The maximum absolute atomic E-state index is 12.6. The van der Waals surface area contributed by atoms with E-state index in [0.717, 1.165) is 11.1 Å². The van der Waals surface area contributed by atoms with Crippen LogP contribution in [0.15, 0.2) is 53.5 Å². The van der Waals surface area contributed by atoms with Crippen molar-refractivity contribution in [1.29, 1.82) is 0 Å². The van der Waals surface area contributed by atoms with Crippen LogP contribution in [0.2, 0.25) is 0 Å². The summed E-state index contributed by atoms with van der Waals surface area (Å²) in [5.41, 5.74) is 1.86. The number of aliphatic imine (C=N–C) groups is 1. The van der Waals surface area contributed by atoms with Crippen molar-refractivity contribution in [3.63, 3.8) is 0 Å². The summed E-state index contributed by atoms with van der Waals surface area (Å²) >= 11 is 0. The van der Waals surface area contributed by atoms with Crippen LogP contribution >= 0.6 is 24.0 Å². The summed E-state index contributed by atoms with van der Waals surface area (Å²) in [6.45, 7) is 0.729. The third-order valence-electron chi connectivity index (χ3n) is 4.46. The molecular formula is C22H30F2IN3O3. The quantitative estimate of drug-likeness (QED) is 0.226. The number of nitrogens with one attached hydrogen (secondary N) is 2. The number of alkyl halides is 2. The van der Waals surface area contributed by atoms with Gasteiger partial charge in [0.2, 0.25) is 0 Å². The van der Waals surface area contributed by atoms with Crippen LogP contribution in [-0.4, -0.2) is 51.0 Å². The Morgan fingerprint density at radius 3 is 2.45 bits per heavy atom. The van der Waals surface area contributed by atoms with Crippen LogP contribution in [0, 0.1) is 0 Å². The van der Waals surface area contributed by atoms with E-state index >= 15 is 0 Å². The molecule has 2 rings (SSSR count). The van der Waals surface area contributed by atoms with Gasteiger partial charge in [0.15, 0.2) is 17.5 Å². The van der Waals surface area contributed by atoms with Crippen LogP contribution in [0.3, 0.4) is 0 Å². The van der Waals surface area contributed by atoms with Gasteiger partial charge in [0.25, 0.3) is 0 Å². The lowest BCUT2D eigenvalue weighted by molar-refractivity contribution is -0.0512. The highest BCUT2D eigenvalue weighted by atomic mass is 127. The SMILES string of the molecule is CCNC(=NCC(CO)c1ccccc1)NCCc1ccc(OC)c(OC(F)F)c1.I. The molecule has 6 nitrogen and oxygen atoms in total. The fraction of sp³-hybridized carbons (Fsp3) is 0.409. The average Bonchev–Trinajstić information content (AvgIpc) is 2.74. The van der Waals surface area contributed by atoms with Crippen LogP contribution < -0.4 is 20.1 Å². The standard InChI is InChI=1S/C22H29F2N3O3.HI/c1-3-25-22(27-14-18(15-28)17-7-5-4-6-8-17)26-12-11-16-9-10-19(29-2)20(13-16)30-21(23)24;/h4-10,13,18,21,28H,3,11-12,14-15H2,1-2H3,(H2,25,26,27);1H. The number of ether oxygens (including phenoxy) is 2. The minimum atomic E-state index is -2.91. The molecule has 0 aliphatic rings. The lowest BCUT2D eigenvalue weighted by Crippen LogP contribution is -2.38. The van der Waals surface area contributed by atoms with E-state index in [9.17, 15) is 13.9 Å². The third kappa shape index (κ3) is 9.26. The number of nitrogens with zero attached hydrogens (tertiary/aromatic N) is 1. The molecule has 0 saturated carbocycles. The van der Waals surface area contributed by atoms with Crippen LogP contribution in [0.25, 0.3) is 0 Å². The van der Waals surface area contributed by atoms with E-state index in [2.05, 4.69) is 20.4 Å². The van der Waals surface area contributed by atoms with Gasteiger partial charge in [-0.05, 0) is 36.6 Å². The first-order valence-electron chi connectivity index (χ1n) is 9.87. The normalized spacial score (nSPS) is 12.1. The average molecular weight is 549 g/mol. The Morgan fingerprint density at radius 1 is 1.10 bits per heavy atom. The Balaban J connectivity index is 0.00000480. The van der Waals surface area contributed by atoms with Crippen LogP contribution in [0.4, 0.5) is 8.78 Å². The number of hydrogen-bond acceptors (Lipinski definition) is 4. The Hall–Kier alpha value is -2.14. The van der Waals surface area contributed by atoms with Crippen molar-refractivity contribution in [1.82, 2.24) is 10.6 Å². The van der Waals surface area contributed by atoms with Crippen molar-refractivity contribution in [3.05, 3.63) is 59.7 Å². The monoisotopic (exact) mass is 549 g/mol. The highest BCUT2D eigenvalue weighted by molar-refractivity contribution is 14.0. The smallest absolute Gasteiger partial charge is 0.387 e. The Morgan fingerprint density at radius 2 is 1.84 bits per heavy atom. The van der Waals surface area contributed by atoms with Gasteiger partial charge < -0.3 is 25.2 Å². The second-order valence-corrected chi connectivity index (χ2v) is 6.55. The zero-order valence-corrected chi connectivity index (χ0v) is 20.0. The van der Waals surface area contributed by atoms with Crippen molar-refractivity contribution in [3.8, 4) is 11.5 Å². The predicted molar refractivity (Wildman–Crippen MR) is 129 cm³/mol. The number of aliphatic hydroxyl groups is 1. The molecule has 0 amide bonds. The molecule has 0 bridgehead atoms. The van der Waals surface area contributed by atoms with E-state index in [1.165, 1.54) is 7.11 Å². The van der Waals surface area contributed by atoms with Gasteiger partial charge in [-0.1, -0.05) is 36.4 Å². The van der Waals surface area contributed by atoms with E-state index in [4.69, 9.17) is 4.74 Å². The summed E-state index contributed by atoms with van der Waals surface area (Å²) in [7, 11) is 1.41. The molecule has 0 saturated heterocycles. The van der Waals surface area contributed by atoms with Crippen LogP contribution in [-0.2, 0) is 6.42 Å². The zero-order valence-electron chi connectivity index (χ0n) is 17.7. The van der Waals surface area contributed by atoms with Gasteiger partial charge >= 0.3 is 6.61 Å². The molecule has 0 aromatic heterocycles. The summed E-state index contributed by atoms with van der Waals surface area (Å²) in [4.78, 5) is 4.57. The molecule has 1 atom stereocenters. The molecule has 2 aromatic carbocycles. The van der Waals surface area contributed by atoms with Crippen molar-refractivity contribution < 1.29 is 23.4 Å². The lowest BCUT2D eigenvalue weighted by Gasteiger charge is -2.15. The number of guanidine groups is 1. The summed E-state index contributed by atoms with van der Waals surface area (Å²) < 4.78 is 34.7. The lowest BCUT2D eigenvalue weighted by atomic mass is 10.0. The van der Waals surface area contributed by atoms with E-state index in [-0.39, 0.29) is 48.0 Å². The van der Waals surface area contributed by atoms with E-state index in [1.54, 1.807) is 18.2 Å². The number of benzene rings is 2.